The first kappa shape index (κ1) is 11.1. The highest BCUT2D eigenvalue weighted by Gasteiger charge is 1.97. The number of hydrogen-bond donors (Lipinski definition) is 2. The van der Waals surface area contributed by atoms with Crippen molar-refractivity contribution in [1.82, 2.24) is 0 Å². The van der Waals surface area contributed by atoms with Gasteiger partial charge in [0.25, 0.3) is 5.95 Å². The minimum absolute atomic E-state index is 0.227. The van der Waals surface area contributed by atoms with Crippen molar-refractivity contribution in [3.05, 3.63) is 23.7 Å². The molecule has 0 heterocycles. The molecule has 0 radical (unpaired) electrons. The smallest absolute Gasteiger partial charge is 0.270 e. The lowest BCUT2D eigenvalue weighted by Gasteiger charge is -2.02. The molecule has 0 aromatic carbocycles. The lowest BCUT2D eigenvalue weighted by Crippen LogP contribution is -1.91. The summed E-state index contributed by atoms with van der Waals surface area (Å²) < 4.78 is 0. The van der Waals surface area contributed by atoms with Crippen LogP contribution in [0.3, 0.4) is 0 Å². The molecule has 0 aliphatic heterocycles. The molecule has 0 spiro atoms. The van der Waals surface area contributed by atoms with Crippen molar-refractivity contribution in [2.24, 2.45) is 5.92 Å². The lowest BCUT2D eigenvalue weighted by molar-refractivity contribution is 0.186. The van der Waals surface area contributed by atoms with E-state index in [1.165, 1.54) is 11.6 Å². The van der Waals surface area contributed by atoms with Crippen LogP contribution < -0.4 is 0 Å². The maximum Gasteiger partial charge on any atom is 0.270 e. The maximum atomic E-state index is 8.53. The third-order valence-electron chi connectivity index (χ3n) is 1.61. The van der Waals surface area contributed by atoms with Crippen molar-refractivity contribution in [3.8, 4) is 0 Å². The maximum absolute atomic E-state index is 8.53. The first-order valence-electron chi connectivity index (χ1n) is 4.25. The van der Waals surface area contributed by atoms with Crippen molar-refractivity contribution >= 4 is 0 Å². The van der Waals surface area contributed by atoms with Crippen LogP contribution in [0.1, 0.15) is 33.6 Å². The fourth-order valence-electron chi connectivity index (χ4n) is 0.973. The van der Waals surface area contributed by atoms with Crippen molar-refractivity contribution < 1.29 is 10.2 Å². The molecular weight excluding hydrogens is 152 g/mol. The number of rotatable bonds is 4. The molecule has 1 atom stereocenters. The Morgan fingerprint density at radius 2 is 1.92 bits per heavy atom. The Balaban J connectivity index is 3.65. The molecule has 0 aromatic rings. The Morgan fingerprint density at radius 1 is 1.33 bits per heavy atom. The van der Waals surface area contributed by atoms with Crippen LogP contribution in [0.5, 0.6) is 0 Å². The molecule has 0 aromatic heterocycles. The third-order valence-corrected chi connectivity index (χ3v) is 1.61. The summed E-state index contributed by atoms with van der Waals surface area (Å²) in [5, 5.41) is 17.1. The van der Waals surface area contributed by atoms with E-state index < -0.39 is 5.95 Å². The highest BCUT2D eigenvalue weighted by atomic mass is 16.5. The highest BCUT2D eigenvalue weighted by Crippen LogP contribution is 2.09. The second kappa shape index (κ2) is 5.70. The Labute approximate surface area is 74.2 Å². The zero-order chi connectivity index (χ0) is 9.56. The van der Waals surface area contributed by atoms with Crippen LogP contribution in [-0.4, -0.2) is 10.2 Å². The second-order valence-corrected chi connectivity index (χ2v) is 3.36. The van der Waals surface area contributed by atoms with Crippen molar-refractivity contribution in [2.45, 2.75) is 33.6 Å². The predicted molar refractivity (Wildman–Crippen MR) is 51.2 cm³/mol. The summed E-state index contributed by atoms with van der Waals surface area (Å²) in [5.74, 6) is -0.342. The molecule has 0 bridgehead atoms. The summed E-state index contributed by atoms with van der Waals surface area (Å²) in [5.41, 5.74) is 1.31. The van der Waals surface area contributed by atoms with Gasteiger partial charge in [-0.1, -0.05) is 18.6 Å². The van der Waals surface area contributed by atoms with Gasteiger partial charge in [0.05, 0.1) is 0 Å². The monoisotopic (exact) mass is 170 g/mol. The molecule has 12 heavy (non-hydrogen) atoms. The predicted octanol–water partition coefficient (Wildman–Crippen LogP) is 3.33. The third kappa shape index (κ3) is 7.19. The molecule has 2 nitrogen and oxygen atoms in total. The SMILES string of the molecule is CC(C)=CCCC(C)C=C(O)O. The topological polar surface area (TPSA) is 40.5 Å². The van der Waals surface area contributed by atoms with Gasteiger partial charge in [-0.05, 0) is 38.7 Å². The zero-order valence-corrected chi connectivity index (χ0v) is 8.04. The van der Waals surface area contributed by atoms with Crippen LogP contribution >= 0.6 is 0 Å². The van der Waals surface area contributed by atoms with Gasteiger partial charge in [0.1, 0.15) is 0 Å². The van der Waals surface area contributed by atoms with E-state index in [4.69, 9.17) is 10.2 Å². The Kier molecular flexibility index (Phi) is 5.26. The van der Waals surface area contributed by atoms with Crippen molar-refractivity contribution in [1.29, 1.82) is 0 Å². The van der Waals surface area contributed by atoms with Crippen LogP contribution in [0.15, 0.2) is 23.7 Å². The van der Waals surface area contributed by atoms with Gasteiger partial charge in [-0.15, -0.1) is 0 Å². The average molecular weight is 170 g/mol. The van der Waals surface area contributed by atoms with Gasteiger partial charge in [0.15, 0.2) is 0 Å². The van der Waals surface area contributed by atoms with Crippen molar-refractivity contribution in [3.63, 3.8) is 0 Å². The molecule has 0 fully saturated rings. The van der Waals surface area contributed by atoms with E-state index in [1.54, 1.807) is 0 Å². The van der Waals surface area contributed by atoms with Gasteiger partial charge in [0.2, 0.25) is 0 Å². The molecule has 0 rings (SSSR count). The molecular formula is C10H18O2. The van der Waals surface area contributed by atoms with Gasteiger partial charge in [-0.3, -0.25) is 0 Å². The first-order chi connectivity index (χ1) is 5.52. The van der Waals surface area contributed by atoms with E-state index in [-0.39, 0.29) is 5.92 Å². The molecule has 2 heteroatoms. The Hall–Kier alpha value is -0.920. The molecule has 2 N–H and O–H groups in total. The number of allylic oxidation sites excluding steroid dienone is 3. The summed E-state index contributed by atoms with van der Waals surface area (Å²) in [6, 6.07) is 0. The zero-order valence-electron chi connectivity index (χ0n) is 8.04. The van der Waals surface area contributed by atoms with E-state index in [1.807, 2.05) is 6.92 Å². The number of aliphatic hydroxyl groups is 2. The van der Waals surface area contributed by atoms with E-state index >= 15 is 0 Å². The van der Waals surface area contributed by atoms with Crippen LogP contribution in [-0.2, 0) is 0 Å². The molecule has 0 amide bonds. The lowest BCUT2D eigenvalue weighted by atomic mass is 10.0. The van der Waals surface area contributed by atoms with Gasteiger partial charge in [0, 0.05) is 0 Å². The minimum Gasteiger partial charge on any atom is -0.481 e. The Morgan fingerprint density at radius 3 is 2.33 bits per heavy atom. The van der Waals surface area contributed by atoms with E-state index in [9.17, 15) is 0 Å². The molecule has 0 aliphatic rings. The summed E-state index contributed by atoms with van der Waals surface area (Å²) in [6.45, 7) is 6.08. The van der Waals surface area contributed by atoms with Gasteiger partial charge in [-0.25, -0.2) is 0 Å². The first-order valence-corrected chi connectivity index (χ1v) is 4.25. The Bertz CT molecular complexity index is 172. The molecule has 0 saturated carbocycles. The largest absolute Gasteiger partial charge is 0.481 e. The van der Waals surface area contributed by atoms with Gasteiger partial charge < -0.3 is 10.2 Å². The highest BCUT2D eigenvalue weighted by molar-refractivity contribution is 4.94. The summed E-state index contributed by atoms with van der Waals surface area (Å²) in [6.07, 6.45) is 5.56. The standard InChI is InChI=1S/C10H18O2/c1-8(2)5-4-6-9(3)7-10(11)12/h5,7,9,11-12H,4,6H2,1-3H3. The molecule has 1 unspecified atom stereocenters. The molecule has 70 valence electrons. The van der Waals surface area contributed by atoms with E-state index in [0.29, 0.717) is 0 Å². The van der Waals surface area contributed by atoms with Gasteiger partial charge in [-0.2, -0.15) is 0 Å². The van der Waals surface area contributed by atoms with Gasteiger partial charge >= 0.3 is 0 Å². The number of aliphatic hydroxyl groups excluding tert-OH is 1. The molecule has 0 saturated heterocycles. The normalized spacial score (nSPS) is 11.9. The van der Waals surface area contributed by atoms with E-state index in [2.05, 4.69) is 19.9 Å². The fraction of sp³-hybridized carbons (Fsp3) is 0.600. The van der Waals surface area contributed by atoms with Crippen LogP contribution in [0.2, 0.25) is 0 Å². The van der Waals surface area contributed by atoms with Crippen LogP contribution in [0.25, 0.3) is 0 Å². The quantitative estimate of drug-likeness (QED) is 0.502. The minimum atomic E-state index is -0.570. The van der Waals surface area contributed by atoms with Crippen LogP contribution in [0, 0.1) is 5.92 Å². The van der Waals surface area contributed by atoms with Crippen LogP contribution in [0.4, 0.5) is 0 Å². The summed E-state index contributed by atoms with van der Waals surface area (Å²) >= 11 is 0. The van der Waals surface area contributed by atoms with Crippen molar-refractivity contribution in [2.75, 3.05) is 0 Å². The summed E-state index contributed by atoms with van der Waals surface area (Å²) in [7, 11) is 0. The molecule has 0 aliphatic carbocycles. The fourth-order valence-corrected chi connectivity index (χ4v) is 0.973. The average Bonchev–Trinajstić information content (AvgIpc) is 1.84. The number of hydrogen-bond acceptors (Lipinski definition) is 2. The second-order valence-electron chi connectivity index (χ2n) is 3.36. The summed E-state index contributed by atoms with van der Waals surface area (Å²) in [4.78, 5) is 0. The van der Waals surface area contributed by atoms with E-state index in [0.717, 1.165) is 12.8 Å².